The summed E-state index contributed by atoms with van der Waals surface area (Å²) in [4.78, 5) is 12.9. The number of hydrogen-bond acceptors (Lipinski definition) is 6. The molecule has 1 aliphatic heterocycles. The summed E-state index contributed by atoms with van der Waals surface area (Å²) in [5, 5.41) is 5.68. The summed E-state index contributed by atoms with van der Waals surface area (Å²) in [6.45, 7) is 9.79. The molecule has 2 atom stereocenters. The van der Waals surface area contributed by atoms with E-state index in [4.69, 9.17) is 4.74 Å². The van der Waals surface area contributed by atoms with Gasteiger partial charge in [0.05, 0.1) is 18.8 Å². The molecule has 24 heavy (non-hydrogen) atoms. The molecule has 1 aliphatic rings. The maximum absolute atomic E-state index is 5.71. The molecular formula is C18H26N4OS. The van der Waals surface area contributed by atoms with E-state index in [2.05, 4.69) is 57.6 Å². The summed E-state index contributed by atoms with van der Waals surface area (Å²) in [6.07, 6.45) is 1.21. The molecule has 3 rings (SSSR count). The maximum Gasteiger partial charge on any atom is 0.129 e. The topological polar surface area (TPSA) is 50.3 Å². The van der Waals surface area contributed by atoms with Gasteiger partial charge in [0.1, 0.15) is 11.6 Å². The third-order valence-electron chi connectivity index (χ3n) is 4.31. The average molecular weight is 347 g/mol. The van der Waals surface area contributed by atoms with Crippen LogP contribution in [0.15, 0.2) is 23.6 Å². The highest BCUT2D eigenvalue weighted by atomic mass is 32.1. The minimum atomic E-state index is 0.286. The lowest BCUT2D eigenvalue weighted by Gasteiger charge is -2.37. The van der Waals surface area contributed by atoms with Crippen molar-refractivity contribution in [2.24, 2.45) is 0 Å². The van der Waals surface area contributed by atoms with E-state index in [-0.39, 0.29) is 6.10 Å². The molecule has 0 aliphatic carbocycles. The SMILES string of the molecule is CCc1cc(NCC(c2cccs2)N2CCOC(C)C2)nc(C)n1. The van der Waals surface area contributed by atoms with Crippen LogP contribution in [0.5, 0.6) is 0 Å². The van der Waals surface area contributed by atoms with E-state index in [9.17, 15) is 0 Å². The van der Waals surface area contributed by atoms with Gasteiger partial charge in [-0.1, -0.05) is 13.0 Å². The lowest BCUT2D eigenvalue weighted by molar-refractivity contribution is -0.0322. The van der Waals surface area contributed by atoms with E-state index in [0.717, 1.165) is 50.0 Å². The Kier molecular flexibility index (Phi) is 5.81. The molecule has 0 spiro atoms. The molecule has 0 amide bonds. The fourth-order valence-corrected chi connectivity index (χ4v) is 3.98. The van der Waals surface area contributed by atoms with Gasteiger partial charge >= 0.3 is 0 Å². The van der Waals surface area contributed by atoms with Crippen molar-refractivity contribution in [2.75, 3.05) is 31.6 Å². The van der Waals surface area contributed by atoms with Gasteiger partial charge in [0.2, 0.25) is 0 Å². The van der Waals surface area contributed by atoms with Gasteiger partial charge in [-0.05, 0) is 31.7 Å². The van der Waals surface area contributed by atoms with Crippen LogP contribution in [0.1, 0.15) is 36.3 Å². The van der Waals surface area contributed by atoms with Crippen molar-refractivity contribution in [1.29, 1.82) is 0 Å². The Labute approximate surface area is 148 Å². The van der Waals surface area contributed by atoms with Crippen LogP contribution in [0.4, 0.5) is 5.82 Å². The first kappa shape index (κ1) is 17.3. The standard InChI is InChI=1S/C18H26N4OS/c1-4-15-10-18(21-14(3)20-15)19-11-16(17-6-5-9-24-17)22-7-8-23-13(2)12-22/h5-6,9-10,13,16H,4,7-8,11-12H2,1-3H3,(H,19,20,21). The zero-order chi connectivity index (χ0) is 16.9. The van der Waals surface area contributed by atoms with Gasteiger partial charge in [0.25, 0.3) is 0 Å². The monoisotopic (exact) mass is 346 g/mol. The summed E-state index contributed by atoms with van der Waals surface area (Å²) in [5.74, 6) is 1.74. The highest BCUT2D eigenvalue weighted by molar-refractivity contribution is 7.10. The normalized spacial score (nSPS) is 20.0. The number of anilines is 1. The third-order valence-corrected chi connectivity index (χ3v) is 5.29. The molecule has 3 heterocycles. The molecule has 0 saturated carbocycles. The molecule has 2 aromatic heterocycles. The molecule has 1 fully saturated rings. The van der Waals surface area contributed by atoms with Gasteiger partial charge in [0.15, 0.2) is 0 Å². The van der Waals surface area contributed by atoms with Gasteiger partial charge in [0, 0.05) is 36.3 Å². The van der Waals surface area contributed by atoms with Crippen molar-refractivity contribution >= 4 is 17.2 Å². The van der Waals surface area contributed by atoms with Gasteiger partial charge in [-0.25, -0.2) is 9.97 Å². The maximum atomic E-state index is 5.71. The molecule has 130 valence electrons. The fourth-order valence-electron chi connectivity index (χ4n) is 3.12. The van der Waals surface area contributed by atoms with Crippen molar-refractivity contribution in [3.63, 3.8) is 0 Å². The molecule has 2 aromatic rings. The van der Waals surface area contributed by atoms with Gasteiger partial charge in [-0.15, -0.1) is 11.3 Å². The van der Waals surface area contributed by atoms with Crippen molar-refractivity contribution in [3.8, 4) is 0 Å². The Hall–Kier alpha value is -1.50. The number of nitrogens with zero attached hydrogens (tertiary/aromatic N) is 3. The predicted octanol–water partition coefficient (Wildman–Crippen LogP) is 3.28. The third kappa shape index (κ3) is 4.32. The van der Waals surface area contributed by atoms with Gasteiger partial charge in [-0.3, -0.25) is 4.90 Å². The highest BCUT2D eigenvalue weighted by Gasteiger charge is 2.26. The second kappa shape index (κ2) is 8.05. The Bertz CT molecular complexity index is 646. The van der Waals surface area contributed by atoms with E-state index >= 15 is 0 Å². The lowest BCUT2D eigenvalue weighted by Crippen LogP contribution is -2.44. The van der Waals surface area contributed by atoms with E-state index in [0.29, 0.717) is 6.04 Å². The number of rotatable bonds is 6. The number of nitrogens with one attached hydrogen (secondary N) is 1. The lowest BCUT2D eigenvalue weighted by atomic mass is 10.1. The number of thiophene rings is 1. The average Bonchev–Trinajstić information content (AvgIpc) is 3.09. The molecule has 0 aromatic carbocycles. The summed E-state index contributed by atoms with van der Waals surface area (Å²) in [7, 11) is 0. The van der Waals surface area contributed by atoms with Crippen molar-refractivity contribution in [2.45, 2.75) is 39.3 Å². The Morgan fingerprint density at radius 3 is 3.04 bits per heavy atom. The predicted molar refractivity (Wildman–Crippen MR) is 98.7 cm³/mol. The largest absolute Gasteiger partial charge is 0.376 e. The highest BCUT2D eigenvalue weighted by Crippen LogP contribution is 2.27. The minimum Gasteiger partial charge on any atom is -0.376 e. The number of morpholine rings is 1. The number of hydrogen-bond donors (Lipinski definition) is 1. The molecule has 1 saturated heterocycles. The van der Waals surface area contributed by atoms with Gasteiger partial charge in [-0.2, -0.15) is 0 Å². The van der Waals surface area contributed by atoms with Crippen molar-refractivity contribution < 1.29 is 4.74 Å². The molecule has 0 bridgehead atoms. The molecule has 6 heteroatoms. The van der Waals surface area contributed by atoms with Crippen LogP contribution in [-0.2, 0) is 11.2 Å². The van der Waals surface area contributed by atoms with Gasteiger partial charge < -0.3 is 10.1 Å². The van der Waals surface area contributed by atoms with Crippen LogP contribution >= 0.6 is 11.3 Å². The first-order valence-electron chi connectivity index (χ1n) is 8.63. The zero-order valence-electron chi connectivity index (χ0n) is 14.7. The molecule has 5 nitrogen and oxygen atoms in total. The first-order valence-corrected chi connectivity index (χ1v) is 9.51. The van der Waals surface area contributed by atoms with E-state index < -0.39 is 0 Å². The fraction of sp³-hybridized carbons (Fsp3) is 0.556. The Morgan fingerprint density at radius 2 is 2.33 bits per heavy atom. The van der Waals surface area contributed by atoms with Crippen LogP contribution in [0.25, 0.3) is 0 Å². The molecule has 2 unspecified atom stereocenters. The molecular weight excluding hydrogens is 320 g/mol. The van der Waals surface area contributed by atoms with Crippen LogP contribution in [0, 0.1) is 6.92 Å². The van der Waals surface area contributed by atoms with E-state index in [1.54, 1.807) is 0 Å². The van der Waals surface area contributed by atoms with Crippen molar-refractivity contribution in [3.05, 3.63) is 40.0 Å². The number of aryl methyl sites for hydroxylation is 2. The van der Waals surface area contributed by atoms with Crippen LogP contribution in [0.3, 0.4) is 0 Å². The zero-order valence-corrected chi connectivity index (χ0v) is 15.5. The summed E-state index contributed by atoms with van der Waals surface area (Å²) in [6, 6.07) is 6.75. The van der Waals surface area contributed by atoms with Crippen molar-refractivity contribution in [1.82, 2.24) is 14.9 Å². The molecule has 0 radical (unpaired) electrons. The second-order valence-corrected chi connectivity index (χ2v) is 7.21. The van der Waals surface area contributed by atoms with Crippen LogP contribution in [-0.4, -0.2) is 47.2 Å². The first-order chi connectivity index (χ1) is 11.7. The Balaban J connectivity index is 1.74. The summed E-state index contributed by atoms with van der Waals surface area (Å²) >= 11 is 1.82. The quantitative estimate of drug-likeness (QED) is 0.870. The van der Waals surface area contributed by atoms with Crippen LogP contribution in [0.2, 0.25) is 0 Å². The smallest absolute Gasteiger partial charge is 0.129 e. The molecule has 1 N–H and O–H groups in total. The van der Waals surface area contributed by atoms with E-state index in [1.807, 2.05) is 18.3 Å². The van der Waals surface area contributed by atoms with E-state index in [1.165, 1.54) is 4.88 Å². The minimum absolute atomic E-state index is 0.286. The summed E-state index contributed by atoms with van der Waals surface area (Å²) < 4.78 is 5.71. The number of aromatic nitrogens is 2. The Morgan fingerprint density at radius 1 is 1.46 bits per heavy atom. The van der Waals surface area contributed by atoms with Crippen LogP contribution < -0.4 is 5.32 Å². The number of ether oxygens (including phenoxy) is 1. The second-order valence-electron chi connectivity index (χ2n) is 6.23. The summed E-state index contributed by atoms with van der Waals surface area (Å²) in [5.41, 5.74) is 1.08.